The number of carbonyl (C=O) groups excluding carboxylic acids is 1. The van der Waals surface area contributed by atoms with E-state index in [1.165, 1.54) is 12.1 Å². The molecule has 164 valence electrons. The fourth-order valence-electron chi connectivity index (χ4n) is 4.06. The van der Waals surface area contributed by atoms with Gasteiger partial charge in [-0.25, -0.2) is 9.07 Å². The third kappa shape index (κ3) is 4.47. The summed E-state index contributed by atoms with van der Waals surface area (Å²) in [6.45, 7) is 0.586. The first-order valence-electron chi connectivity index (χ1n) is 10.9. The maximum atomic E-state index is 13.7. The SMILES string of the molecule is O=C(c1c[nH]c2cc(-n3cccn3)ccc12)[C@@H](NCCc1ccc(F)cc1)c1ccccc1. The molecule has 0 aliphatic rings. The summed E-state index contributed by atoms with van der Waals surface area (Å²) in [5, 5.41) is 8.56. The van der Waals surface area contributed by atoms with Gasteiger partial charge in [0, 0.05) is 41.6 Å². The first kappa shape index (κ1) is 20.8. The second kappa shape index (κ2) is 9.22. The smallest absolute Gasteiger partial charge is 0.186 e. The first-order chi connectivity index (χ1) is 16.2. The van der Waals surface area contributed by atoms with Gasteiger partial charge >= 0.3 is 0 Å². The Morgan fingerprint density at radius 3 is 2.61 bits per heavy atom. The van der Waals surface area contributed by atoms with E-state index in [9.17, 15) is 9.18 Å². The summed E-state index contributed by atoms with van der Waals surface area (Å²) in [4.78, 5) is 16.9. The van der Waals surface area contributed by atoms with E-state index in [0.717, 1.165) is 27.7 Å². The molecular formula is C27H23FN4O. The number of ketones is 1. The van der Waals surface area contributed by atoms with Crippen molar-refractivity contribution in [3.63, 3.8) is 0 Å². The lowest BCUT2D eigenvalue weighted by Crippen LogP contribution is -2.30. The zero-order chi connectivity index (χ0) is 22.6. The Hall–Kier alpha value is -4.03. The molecule has 33 heavy (non-hydrogen) atoms. The molecular weight excluding hydrogens is 415 g/mol. The summed E-state index contributed by atoms with van der Waals surface area (Å²) in [5.41, 5.74) is 4.36. The average molecular weight is 439 g/mol. The minimum Gasteiger partial charge on any atom is -0.360 e. The average Bonchev–Trinajstić information content (AvgIpc) is 3.53. The Kier molecular flexibility index (Phi) is 5.83. The van der Waals surface area contributed by atoms with Crippen LogP contribution in [0, 0.1) is 5.82 Å². The van der Waals surface area contributed by atoms with E-state index < -0.39 is 6.04 Å². The number of rotatable bonds is 8. The van der Waals surface area contributed by atoms with Crippen molar-refractivity contribution in [1.29, 1.82) is 0 Å². The fourth-order valence-corrected chi connectivity index (χ4v) is 4.06. The minimum atomic E-state index is -0.489. The van der Waals surface area contributed by atoms with Gasteiger partial charge in [0.2, 0.25) is 0 Å². The van der Waals surface area contributed by atoms with Crippen molar-refractivity contribution in [1.82, 2.24) is 20.1 Å². The zero-order valence-corrected chi connectivity index (χ0v) is 17.9. The number of aromatic amines is 1. The third-order valence-electron chi connectivity index (χ3n) is 5.77. The Labute approximate surface area is 190 Å². The van der Waals surface area contributed by atoms with Crippen LogP contribution in [0.2, 0.25) is 0 Å². The molecule has 0 radical (unpaired) electrons. The lowest BCUT2D eigenvalue weighted by atomic mass is 9.96. The van der Waals surface area contributed by atoms with E-state index in [2.05, 4.69) is 15.4 Å². The van der Waals surface area contributed by atoms with Gasteiger partial charge in [0.15, 0.2) is 5.78 Å². The molecule has 2 heterocycles. The van der Waals surface area contributed by atoms with Crippen LogP contribution >= 0.6 is 0 Å². The number of hydrogen-bond acceptors (Lipinski definition) is 3. The molecule has 0 unspecified atom stereocenters. The fraction of sp³-hybridized carbons (Fsp3) is 0.111. The number of nitrogens with one attached hydrogen (secondary N) is 2. The quantitative estimate of drug-likeness (QED) is 0.325. The van der Waals surface area contributed by atoms with E-state index in [1.807, 2.05) is 60.8 Å². The van der Waals surface area contributed by atoms with Gasteiger partial charge in [0.25, 0.3) is 0 Å². The summed E-state index contributed by atoms with van der Waals surface area (Å²) in [6, 6.07) is 23.5. The number of hydrogen-bond donors (Lipinski definition) is 2. The van der Waals surface area contributed by atoms with Gasteiger partial charge in [-0.1, -0.05) is 42.5 Å². The van der Waals surface area contributed by atoms with Crippen molar-refractivity contribution in [3.05, 3.63) is 120 Å². The number of benzene rings is 3. The lowest BCUT2D eigenvalue weighted by Gasteiger charge is -2.18. The van der Waals surface area contributed by atoms with Gasteiger partial charge in [0.05, 0.1) is 11.7 Å². The zero-order valence-electron chi connectivity index (χ0n) is 17.9. The number of H-pyrrole nitrogens is 1. The molecule has 6 heteroatoms. The predicted octanol–water partition coefficient (Wildman–Crippen LogP) is 5.25. The van der Waals surface area contributed by atoms with Crippen LogP contribution in [0.4, 0.5) is 4.39 Å². The van der Waals surface area contributed by atoms with Gasteiger partial charge in [-0.3, -0.25) is 4.79 Å². The van der Waals surface area contributed by atoms with Crippen LogP contribution in [-0.4, -0.2) is 27.1 Å². The molecule has 5 aromatic rings. The molecule has 0 spiro atoms. The second-order valence-corrected chi connectivity index (χ2v) is 7.92. The second-order valence-electron chi connectivity index (χ2n) is 7.92. The van der Waals surface area contributed by atoms with E-state index in [-0.39, 0.29) is 11.6 Å². The number of nitrogens with zero attached hydrogens (tertiary/aromatic N) is 2. The van der Waals surface area contributed by atoms with Crippen LogP contribution in [0.5, 0.6) is 0 Å². The standard InChI is InChI=1S/C27H23FN4O/c28-21-9-7-19(8-10-21)13-15-29-26(20-5-2-1-3-6-20)27(33)24-18-30-25-17-22(11-12-23(24)25)32-16-4-14-31-32/h1-12,14,16-18,26,29-30H,13,15H2/t26-/m0/s1. The van der Waals surface area contributed by atoms with Gasteiger partial charge < -0.3 is 10.3 Å². The van der Waals surface area contributed by atoms with Crippen LogP contribution in [0.3, 0.4) is 0 Å². The molecule has 3 aromatic carbocycles. The van der Waals surface area contributed by atoms with Gasteiger partial charge in [-0.05, 0) is 53.9 Å². The highest BCUT2D eigenvalue weighted by Crippen LogP contribution is 2.26. The monoisotopic (exact) mass is 438 g/mol. The molecule has 0 saturated carbocycles. The molecule has 2 aromatic heterocycles. The topological polar surface area (TPSA) is 62.7 Å². The van der Waals surface area contributed by atoms with Crippen LogP contribution in [-0.2, 0) is 6.42 Å². The summed E-state index contributed by atoms with van der Waals surface area (Å²) in [5.74, 6) is -0.252. The Balaban J connectivity index is 1.40. The third-order valence-corrected chi connectivity index (χ3v) is 5.77. The number of Topliss-reactive ketones (excluding diaryl/α,β-unsaturated/α-hetero) is 1. The van der Waals surface area contributed by atoms with Crippen LogP contribution in [0.15, 0.2) is 97.5 Å². The van der Waals surface area contributed by atoms with E-state index in [4.69, 9.17) is 0 Å². The van der Waals surface area contributed by atoms with Crippen molar-refractivity contribution in [2.75, 3.05) is 6.54 Å². The van der Waals surface area contributed by atoms with Crippen molar-refractivity contribution in [3.8, 4) is 5.69 Å². The largest absolute Gasteiger partial charge is 0.360 e. The van der Waals surface area contributed by atoms with Gasteiger partial charge in [-0.15, -0.1) is 0 Å². The molecule has 0 saturated heterocycles. The first-order valence-corrected chi connectivity index (χ1v) is 10.9. The maximum absolute atomic E-state index is 13.7. The van der Waals surface area contributed by atoms with Crippen LogP contribution in [0.1, 0.15) is 27.5 Å². The van der Waals surface area contributed by atoms with E-state index in [0.29, 0.717) is 18.5 Å². The number of aromatic nitrogens is 3. The Bertz CT molecular complexity index is 1360. The normalized spacial score (nSPS) is 12.2. The number of carbonyl (C=O) groups is 1. The van der Waals surface area contributed by atoms with Gasteiger partial charge in [-0.2, -0.15) is 5.10 Å². The Morgan fingerprint density at radius 2 is 1.85 bits per heavy atom. The minimum absolute atomic E-state index is 0.00149. The van der Waals surface area contributed by atoms with Crippen molar-refractivity contribution < 1.29 is 9.18 Å². The van der Waals surface area contributed by atoms with E-state index >= 15 is 0 Å². The van der Waals surface area contributed by atoms with Gasteiger partial charge in [0.1, 0.15) is 5.82 Å². The predicted molar refractivity (Wildman–Crippen MR) is 127 cm³/mol. The highest BCUT2D eigenvalue weighted by molar-refractivity contribution is 6.10. The molecule has 0 aliphatic heterocycles. The molecule has 0 aliphatic carbocycles. The molecule has 5 nitrogen and oxygen atoms in total. The maximum Gasteiger partial charge on any atom is 0.186 e. The lowest BCUT2D eigenvalue weighted by molar-refractivity contribution is 0.0945. The molecule has 0 bridgehead atoms. The summed E-state index contributed by atoms with van der Waals surface area (Å²) in [6.07, 6.45) is 6.08. The summed E-state index contributed by atoms with van der Waals surface area (Å²) in [7, 11) is 0. The van der Waals surface area contributed by atoms with Crippen molar-refractivity contribution in [2.45, 2.75) is 12.5 Å². The number of fused-ring (bicyclic) bond motifs is 1. The molecule has 1 atom stereocenters. The number of halogens is 1. The molecule has 5 rings (SSSR count). The summed E-state index contributed by atoms with van der Waals surface area (Å²) < 4.78 is 15.0. The highest BCUT2D eigenvalue weighted by atomic mass is 19.1. The highest BCUT2D eigenvalue weighted by Gasteiger charge is 2.24. The molecule has 0 fully saturated rings. The van der Waals surface area contributed by atoms with E-state index in [1.54, 1.807) is 29.2 Å². The van der Waals surface area contributed by atoms with Crippen LogP contribution < -0.4 is 5.32 Å². The van der Waals surface area contributed by atoms with Crippen molar-refractivity contribution in [2.24, 2.45) is 0 Å². The van der Waals surface area contributed by atoms with Crippen LogP contribution in [0.25, 0.3) is 16.6 Å². The molecule has 0 amide bonds. The van der Waals surface area contributed by atoms with Crippen molar-refractivity contribution >= 4 is 16.7 Å². The molecule has 2 N–H and O–H groups in total. The summed E-state index contributed by atoms with van der Waals surface area (Å²) >= 11 is 0. The Morgan fingerprint density at radius 1 is 1.03 bits per heavy atom.